The number of phenolic OH excluding ortho intramolecular Hbond substituents is 2. The third-order valence-electron chi connectivity index (χ3n) is 7.25. The zero-order chi connectivity index (χ0) is 53.5. The van der Waals surface area contributed by atoms with Crippen LogP contribution in [0.4, 0.5) is 0 Å². The van der Waals surface area contributed by atoms with Gasteiger partial charge in [-0.05, 0) is 74.2 Å². The van der Waals surface area contributed by atoms with E-state index in [9.17, 15) is 0 Å². The van der Waals surface area contributed by atoms with Gasteiger partial charge in [-0.25, -0.2) is 36.4 Å². The van der Waals surface area contributed by atoms with Crippen molar-refractivity contribution < 1.29 is 61.4 Å². The third kappa shape index (κ3) is 49.4. The zero-order valence-corrected chi connectivity index (χ0v) is 51.1. The van der Waals surface area contributed by atoms with Gasteiger partial charge in [0.1, 0.15) is 23.0 Å². The van der Waals surface area contributed by atoms with Gasteiger partial charge < -0.3 is 45.4 Å². The number of benzene rings is 4. The monoisotopic (exact) mass is 1180 g/mol. The molecule has 0 amide bonds. The van der Waals surface area contributed by atoms with E-state index in [-0.39, 0.29) is 0 Å². The minimum atomic E-state index is -0.826. The molecule has 0 atom stereocenters. The van der Waals surface area contributed by atoms with Crippen molar-refractivity contribution in [2.75, 3.05) is 0 Å². The predicted molar refractivity (Wildman–Crippen MR) is 302 cm³/mol. The average molecular weight is 1190 g/mol. The molecule has 8 aromatic rings. The molecule has 10 heteroatoms. The van der Waals surface area contributed by atoms with E-state index in [2.05, 4.69) is 0 Å². The second-order valence-corrected chi connectivity index (χ2v) is 21.4. The molecule has 0 fully saturated rings. The summed E-state index contributed by atoms with van der Waals surface area (Å²) in [6.45, 7) is 23.8. The molecule has 0 saturated carbocycles. The summed E-state index contributed by atoms with van der Waals surface area (Å²) in [5, 5.41) is 17.8. The molecule has 2 N–H and O–H groups in total. The molecule has 0 aliphatic heterocycles. The maximum Gasteiger partial charge on any atom is -0.172 e. The van der Waals surface area contributed by atoms with E-state index in [0.29, 0.717) is 11.5 Å². The van der Waals surface area contributed by atoms with Gasteiger partial charge in [-0.15, -0.1) is 12.1 Å². The van der Waals surface area contributed by atoms with Crippen LogP contribution >= 0.6 is 34.1 Å². The fraction of sp³-hybridized carbons (Fsp3) is 0.200. The van der Waals surface area contributed by atoms with E-state index >= 15 is 0 Å². The summed E-state index contributed by atoms with van der Waals surface area (Å²) >= 11 is -1.65. The first-order valence-corrected chi connectivity index (χ1v) is 35.1. The van der Waals surface area contributed by atoms with Crippen molar-refractivity contribution in [3.63, 3.8) is 0 Å². The van der Waals surface area contributed by atoms with Crippen molar-refractivity contribution in [2.45, 2.75) is 83.1 Å². The molecule has 0 unspecified atom stereocenters. The first-order chi connectivity index (χ1) is 33.8. The molecule has 0 aliphatic rings. The van der Waals surface area contributed by atoms with Crippen LogP contribution < -0.4 is 9.47 Å². The number of ether oxygens (including phenoxy) is 2. The molecular formula is C60H76Cl4O4Zr2-8. The Labute approximate surface area is 462 Å². The molecule has 0 saturated heterocycles. The van der Waals surface area contributed by atoms with E-state index < -0.39 is 41.7 Å². The smallest absolute Gasteiger partial charge is 0.172 e. The SMILES string of the molecule is C[CH-]C.C[CH-]C.C[CH-]C.C[CH-]C.Cc1ccccc1O.Cc1ccccc1O.Cc1ccccc1Oc1ccc[cH-]1.Cc1ccccc1Oc1ccc[cH-]1.[Cl][Zr][Cl].[Cl][Zr][Cl].c1cc[cH-]c1.c1cc[cH-]c1. The molecule has 4 nitrogen and oxygen atoms in total. The van der Waals surface area contributed by atoms with Crippen molar-refractivity contribution in [2.24, 2.45) is 0 Å². The largest absolute Gasteiger partial charge is 0.214 e. The van der Waals surface area contributed by atoms with Crippen molar-refractivity contribution in [1.29, 1.82) is 0 Å². The van der Waals surface area contributed by atoms with Gasteiger partial charge in [-0.3, -0.25) is 0 Å². The van der Waals surface area contributed by atoms with E-state index in [1.807, 2.05) is 303 Å². The number of hydrogen-bond acceptors (Lipinski definition) is 4. The topological polar surface area (TPSA) is 58.9 Å². The zero-order valence-electron chi connectivity index (χ0n) is 43.2. The van der Waals surface area contributed by atoms with Gasteiger partial charge in [0.2, 0.25) is 0 Å². The average Bonchev–Trinajstić information content (AvgIpc) is 4.21. The van der Waals surface area contributed by atoms with Gasteiger partial charge >= 0.3 is 75.7 Å². The molecular weight excluding hydrogens is 1110 g/mol. The van der Waals surface area contributed by atoms with Crippen LogP contribution in [0.15, 0.2) is 206 Å². The van der Waals surface area contributed by atoms with Gasteiger partial charge in [-0.1, -0.05) is 72.8 Å². The molecule has 8 rings (SSSR count). The van der Waals surface area contributed by atoms with Gasteiger partial charge in [0, 0.05) is 11.5 Å². The van der Waals surface area contributed by atoms with Gasteiger partial charge in [0.25, 0.3) is 0 Å². The summed E-state index contributed by atoms with van der Waals surface area (Å²) in [5.41, 5.74) is 4.16. The normalized spacial score (nSPS) is 8.34. The molecule has 0 radical (unpaired) electrons. The Balaban J connectivity index is -0.000000357. The Morgan fingerprint density at radius 2 is 0.600 bits per heavy atom. The van der Waals surface area contributed by atoms with Crippen LogP contribution in [0.3, 0.4) is 0 Å². The Morgan fingerprint density at radius 3 is 0.771 bits per heavy atom. The molecule has 0 aromatic heterocycles. The van der Waals surface area contributed by atoms with E-state index in [4.69, 9.17) is 53.7 Å². The third-order valence-corrected chi connectivity index (χ3v) is 7.25. The standard InChI is InChI=1S/2C12H11O.2C7H8O.2C5H5.4C3H7.4ClH.2Zr/c2*1-10-6-2-5-9-12(10)13-11-7-3-4-8-11;2*1-6-4-2-3-5-7(6)8;2*1-2-4-5-3-1;4*1-3-2;;;;;;/h2*2-9H,1H3;2*2-5,8H,1H3;2*1-5H;4*3H,1-2H3;4*1H;;/q2*-1;;;6*-1;;;;;2*+2/p-4. The molecule has 8 aromatic carbocycles. The maximum atomic E-state index is 8.92. The van der Waals surface area contributed by atoms with Crippen molar-refractivity contribution >= 4 is 34.1 Å². The number of hydrogen-bond donors (Lipinski definition) is 2. The van der Waals surface area contributed by atoms with Gasteiger partial charge in [0.15, 0.2) is 0 Å². The van der Waals surface area contributed by atoms with E-state index in [1.165, 1.54) is 0 Å². The van der Waals surface area contributed by atoms with Crippen LogP contribution in [-0.2, 0) is 41.7 Å². The summed E-state index contributed by atoms with van der Waals surface area (Å²) in [6.07, 6.45) is 8.00. The fourth-order valence-corrected chi connectivity index (χ4v) is 4.21. The fourth-order valence-electron chi connectivity index (χ4n) is 4.21. The minimum absolute atomic E-state index is 0.368. The van der Waals surface area contributed by atoms with E-state index in [1.54, 1.807) is 12.1 Å². The number of halogens is 4. The first-order valence-electron chi connectivity index (χ1n) is 22.4. The van der Waals surface area contributed by atoms with Crippen molar-refractivity contribution in [1.82, 2.24) is 0 Å². The molecule has 70 heavy (non-hydrogen) atoms. The van der Waals surface area contributed by atoms with Crippen LogP contribution in [0.2, 0.25) is 0 Å². The minimum Gasteiger partial charge on any atom is -0.214 e. The second-order valence-electron chi connectivity index (χ2n) is 13.9. The maximum absolute atomic E-state index is 8.92. The number of aryl methyl sites for hydroxylation is 4. The van der Waals surface area contributed by atoms with Gasteiger partial charge in [-0.2, -0.15) is 116 Å². The number of para-hydroxylation sites is 4. The second kappa shape index (κ2) is 58.0. The summed E-state index contributed by atoms with van der Waals surface area (Å²) in [5.74, 6) is 4.38. The summed E-state index contributed by atoms with van der Waals surface area (Å²) < 4.78 is 11.3. The summed E-state index contributed by atoms with van der Waals surface area (Å²) in [7, 11) is 19.7. The molecule has 0 spiro atoms. The summed E-state index contributed by atoms with van der Waals surface area (Å²) in [4.78, 5) is 0. The van der Waals surface area contributed by atoms with Crippen LogP contribution in [0.1, 0.15) is 77.6 Å². The van der Waals surface area contributed by atoms with Crippen LogP contribution in [0.25, 0.3) is 0 Å². The Morgan fingerprint density at radius 1 is 0.357 bits per heavy atom. The summed E-state index contributed by atoms with van der Waals surface area (Å²) in [6, 6.07) is 66.2. The van der Waals surface area contributed by atoms with Crippen molar-refractivity contribution in [3.05, 3.63) is 254 Å². The predicted octanol–water partition coefficient (Wildman–Crippen LogP) is 20.9. The number of aromatic hydroxyl groups is 2. The number of phenols is 2. The molecule has 0 aliphatic carbocycles. The Bertz CT molecular complexity index is 1880. The first kappa shape index (κ1) is 72.9. The van der Waals surface area contributed by atoms with Gasteiger partial charge in [0.05, 0.1) is 0 Å². The van der Waals surface area contributed by atoms with Crippen LogP contribution in [-0.4, -0.2) is 10.2 Å². The number of rotatable bonds is 4. The van der Waals surface area contributed by atoms with Crippen LogP contribution in [0.5, 0.6) is 34.5 Å². The van der Waals surface area contributed by atoms with E-state index in [0.717, 1.165) is 45.3 Å². The Hall–Kier alpha value is -3.59. The quantitative estimate of drug-likeness (QED) is 0.172. The van der Waals surface area contributed by atoms with Crippen LogP contribution in [0, 0.1) is 53.4 Å². The molecule has 0 bridgehead atoms. The van der Waals surface area contributed by atoms with Crippen molar-refractivity contribution in [3.8, 4) is 34.5 Å². The Kier molecular flexibility index (Phi) is 60.4. The molecule has 0 heterocycles. The molecule has 384 valence electrons.